The van der Waals surface area contributed by atoms with Crippen LogP contribution in [0.1, 0.15) is 20.8 Å². The monoisotopic (exact) mass is 210 g/mol. The van der Waals surface area contributed by atoms with Crippen LogP contribution in [0.5, 0.6) is 0 Å². The van der Waals surface area contributed by atoms with Crippen LogP contribution >= 0.6 is 23.4 Å². The van der Waals surface area contributed by atoms with Gasteiger partial charge in [0, 0.05) is 11.0 Å². The highest BCUT2D eigenvalue weighted by Crippen LogP contribution is 2.20. The molecule has 0 radical (unpaired) electrons. The molecule has 2 atom stereocenters. The summed E-state index contributed by atoms with van der Waals surface area (Å²) in [6, 6.07) is 0. The van der Waals surface area contributed by atoms with Crippen molar-refractivity contribution in [3.63, 3.8) is 0 Å². The van der Waals surface area contributed by atoms with Crippen molar-refractivity contribution < 1.29 is 9.90 Å². The normalized spacial score (nSPS) is 16.1. The topological polar surface area (TPSA) is 37.3 Å². The molecular weight excluding hydrogens is 196 g/mol. The second-order valence-electron chi connectivity index (χ2n) is 3.09. The minimum Gasteiger partial charge on any atom is -0.480 e. The molecule has 0 fully saturated rings. The Morgan fingerprint density at radius 2 is 2.00 bits per heavy atom. The number of hydrogen-bond donors (Lipinski definition) is 1. The number of hydrogen-bond acceptors (Lipinski definition) is 2. The summed E-state index contributed by atoms with van der Waals surface area (Å²) in [4.78, 5) is 10.3. The van der Waals surface area contributed by atoms with E-state index in [-0.39, 0.29) is 0 Å². The van der Waals surface area contributed by atoms with Gasteiger partial charge in [0.05, 0.1) is 0 Å². The lowest BCUT2D eigenvalue weighted by atomic mass is 10.2. The van der Waals surface area contributed by atoms with E-state index in [0.29, 0.717) is 16.9 Å². The van der Waals surface area contributed by atoms with Gasteiger partial charge < -0.3 is 5.11 Å². The van der Waals surface area contributed by atoms with Gasteiger partial charge >= 0.3 is 5.97 Å². The van der Waals surface area contributed by atoms with Gasteiger partial charge in [-0.2, -0.15) is 11.8 Å². The first kappa shape index (κ1) is 12.1. The van der Waals surface area contributed by atoms with E-state index in [1.54, 1.807) is 11.8 Å². The Bertz CT molecular complexity index is 150. The molecule has 12 heavy (non-hydrogen) atoms. The summed E-state index contributed by atoms with van der Waals surface area (Å²) < 4.78 is 0. The fourth-order valence-electron chi connectivity index (χ4n) is 0.500. The van der Waals surface area contributed by atoms with Crippen LogP contribution in [0.4, 0.5) is 0 Å². The van der Waals surface area contributed by atoms with Crippen LogP contribution < -0.4 is 0 Å². The van der Waals surface area contributed by atoms with E-state index < -0.39 is 11.3 Å². The lowest BCUT2D eigenvalue weighted by molar-refractivity contribution is -0.136. The van der Waals surface area contributed by atoms with Crippen molar-refractivity contribution in [2.24, 2.45) is 5.92 Å². The molecule has 0 amide bonds. The second kappa shape index (κ2) is 5.70. The molecule has 0 aliphatic heterocycles. The number of aliphatic carboxylic acids is 1. The molecule has 0 heterocycles. The number of carboxylic acid groups (broad SMARTS) is 1. The van der Waals surface area contributed by atoms with Crippen molar-refractivity contribution in [1.82, 2.24) is 0 Å². The van der Waals surface area contributed by atoms with E-state index in [2.05, 4.69) is 20.8 Å². The SMILES string of the molecule is CC(C)C(C)SCC(Cl)C(=O)O. The Labute approximate surface area is 82.7 Å². The highest BCUT2D eigenvalue weighted by molar-refractivity contribution is 8.00. The molecule has 0 rings (SSSR count). The molecule has 0 saturated carbocycles. The summed E-state index contributed by atoms with van der Waals surface area (Å²) in [5.41, 5.74) is 0. The number of halogens is 1. The average molecular weight is 211 g/mol. The highest BCUT2D eigenvalue weighted by Gasteiger charge is 2.16. The van der Waals surface area contributed by atoms with Gasteiger partial charge in [0.25, 0.3) is 0 Å². The summed E-state index contributed by atoms with van der Waals surface area (Å²) >= 11 is 7.15. The summed E-state index contributed by atoms with van der Waals surface area (Å²) in [6.07, 6.45) is 0. The van der Waals surface area contributed by atoms with E-state index in [4.69, 9.17) is 16.7 Å². The summed E-state index contributed by atoms with van der Waals surface area (Å²) in [5.74, 6) is 0.115. The lowest BCUT2D eigenvalue weighted by Crippen LogP contribution is -2.18. The predicted octanol–water partition coefficient (Wildman–Crippen LogP) is 2.46. The van der Waals surface area contributed by atoms with Crippen LogP contribution in [0, 0.1) is 5.92 Å². The molecule has 72 valence electrons. The van der Waals surface area contributed by atoms with Gasteiger partial charge in [-0.05, 0) is 5.92 Å². The number of carbonyl (C=O) groups is 1. The first-order valence-corrected chi connectivity index (χ1v) is 5.42. The van der Waals surface area contributed by atoms with Gasteiger partial charge in [-0.15, -0.1) is 11.6 Å². The Morgan fingerprint density at radius 1 is 1.50 bits per heavy atom. The molecule has 0 aromatic rings. The predicted molar refractivity (Wildman–Crippen MR) is 54.0 cm³/mol. The number of rotatable bonds is 5. The standard InChI is InChI=1S/C8H15ClO2S/c1-5(2)6(3)12-4-7(9)8(10)11/h5-7H,4H2,1-3H3,(H,10,11). The third-order valence-corrected chi connectivity index (χ3v) is 3.83. The Balaban J connectivity index is 3.61. The lowest BCUT2D eigenvalue weighted by Gasteiger charge is -2.15. The first-order chi connectivity index (χ1) is 5.45. The van der Waals surface area contributed by atoms with Crippen molar-refractivity contribution in [1.29, 1.82) is 0 Å². The summed E-state index contributed by atoms with van der Waals surface area (Å²) in [5, 5.41) is 8.20. The zero-order chi connectivity index (χ0) is 9.72. The molecule has 0 spiro atoms. The van der Waals surface area contributed by atoms with Crippen LogP contribution in [-0.2, 0) is 4.79 Å². The number of carboxylic acids is 1. The van der Waals surface area contributed by atoms with Crippen molar-refractivity contribution in [3.8, 4) is 0 Å². The van der Waals surface area contributed by atoms with Gasteiger partial charge in [-0.25, -0.2) is 0 Å². The summed E-state index contributed by atoms with van der Waals surface area (Å²) in [6.45, 7) is 6.31. The molecule has 4 heteroatoms. The molecule has 2 nitrogen and oxygen atoms in total. The van der Waals surface area contributed by atoms with Crippen LogP contribution in [0.2, 0.25) is 0 Å². The molecule has 0 saturated heterocycles. The third kappa shape index (κ3) is 4.88. The van der Waals surface area contributed by atoms with Crippen LogP contribution in [-0.4, -0.2) is 27.5 Å². The average Bonchev–Trinajstić information content (AvgIpc) is 1.98. The van der Waals surface area contributed by atoms with Gasteiger partial charge in [-0.3, -0.25) is 4.79 Å². The molecule has 0 aromatic heterocycles. The number of thioether (sulfide) groups is 1. The van der Waals surface area contributed by atoms with Crippen molar-refractivity contribution in [2.45, 2.75) is 31.4 Å². The Kier molecular flexibility index (Phi) is 5.76. The van der Waals surface area contributed by atoms with Gasteiger partial charge in [0.2, 0.25) is 0 Å². The fraction of sp³-hybridized carbons (Fsp3) is 0.875. The minimum atomic E-state index is -0.930. The first-order valence-electron chi connectivity index (χ1n) is 3.93. The molecule has 0 aliphatic carbocycles. The largest absolute Gasteiger partial charge is 0.480 e. The van der Waals surface area contributed by atoms with E-state index in [1.807, 2.05) is 0 Å². The second-order valence-corrected chi connectivity index (χ2v) is 5.03. The fourth-order valence-corrected chi connectivity index (χ4v) is 1.72. The Morgan fingerprint density at radius 3 is 2.33 bits per heavy atom. The molecule has 0 aliphatic rings. The van der Waals surface area contributed by atoms with E-state index in [9.17, 15) is 4.79 Å². The maximum atomic E-state index is 10.3. The maximum absolute atomic E-state index is 10.3. The minimum absolute atomic E-state index is 0.464. The molecule has 1 N–H and O–H groups in total. The Hall–Kier alpha value is 0.110. The van der Waals surface area contributed by atoms with E-state index in [0.717, 1.165) is 0 Å². The van der Waals surface area contributed by atoms with Crippen molar-refractivity contribution in [3.05, 3.63) is 0 Å². The highest BCUT2D eigenvalue weighted by atomic mass is 35.5. The van der Waals surface area contributed by atoms with Gasteiger partial charge in [-0.1, -0.05) is 20.8 Å². The zero-order valence-electron chi connectivity index (χ0n) is 7.58. The number of alkyl halides is 1. The summed E-state index contributed by atoms with van der Waals surface area (Å²) in [7, 11) is 0. The van der Waals surface area contributed by atoms with Gasteiger partial charge in [0.1, 0.15) is 5.38 Å². The molecule has 0 bridgehead atoms. The third-order valence-electron chi connectivity index (χ3n) is 1.71. The van der Waals surface area contributed by atoms with Crippen molar-refractivity contribution in [2.75, 3.05) is 5.75 Å². The molecule has 2 unspecified atom stereocenters. The smallest absolute Gasteiger partial charge is 0.322 e. The van der Waals surface area contributed by atoms with E-state index in [1.165, 1.54) is 0 Å². The van der Waals surface area contributed by atoms with Crippen LogP contribution in [0.3, 0.4) is 0 Å². The van der Waals surface area contributed by atoms with E-state index >= 15 is 0 Å². The molecular formula is C8H15ClO2S. The zero-order valence-corrected chi connectivity index (χ0v) is 9.15. The quantitative estimate of drug-likeness (QED) is 0.709. The maximum Gasteiger partial charge on any atom is 0.322 e. The van der Waals surface area contributed by atoms with Crippen LogP contribution in [0.25, 0.3) is 0 Å². The van der Waals surface area contributed by atoms with Gasteiger partial charge in [0.15, 0.2) is 0 Å². The van der Waals surface area contributed by atoms with Crippen molar-refractivity contribution >= 4 is 29.3 Å². The van der Waals surface area contributed by atoms with Crippen LogP contribution in [0.15, 0.2) is 0 Å². The molecule has 0 aromatic carbocycles.